The highest BCUT2D eigenvalue weighted by atomic mass is 16.5. The van der Waals surface area contributed by atoms with Crippen molar-refractivity contribution >= 4 is 11.6 Å². The number of nitrogens with zero attached hydrogens (tertiary/aromatic N) is 1. The molecule has 0 spiro atoms. The van der Waals surface area contributed by atoms with E-state index in [1.807, 2.05) is 13.8 Å². The van der Waals surface area contributed by atoms with Gasteiger partial charge in [0.15, 0.2) is 0 Å². The van der Waals surface area contributed by atoms with Gasteiger partial charge in [-0.1, -0.05) is 46.5 Å². The van der Waals surface area contributed by atoms with Gasteiger partial charge in [-0.15, -0.1) is 0 Å². The molecule has 0 saturated carbocycles. The zero-order chi connectivity index (χ0) is 20.1. The van der Waals surface area contributed by atoms with Crippen molar-refractivity contribution in [2.24, 2.45) is 0 Å². The lowest BCUT2D eigenvalue weighted by atomic mass is 9.96. The van der Waals surface area contributed by atoms with Crippen LogP contribution in [0, 0.1) is 11.3 Å². The van der Waals surface area contributed by atoms with Crippen LogP contribution in [0.25, 0.3) is 0 Å². The summed E-state index contributed by atoms with van der Waals surface area (Å²) in [5.41, 5.74) is -0.00954. The van der Waals surface area contributed by atoms with E-state index in [1.54, 1.807) is 18.2 Å². The normalized spacial score (nSPS) is 12.9. The Kier molecular flexibility index (Phi) is 10.5. The van der Waals surface area contributed by atoms with Crippen molar-refractivity contribution in [2.75, 3.05) is 18.5 Å². The fourth-order valence-corrected chi connectivity index (χ4v) is 2.69. The number of anilines is 1. The summed E-state index contributed by atoms with van der Waals surface area (Å²) < 4.78 is 11.5. The number of amides is 1. The number of rotatable bonds is 13. The first-order chi connectivity index (χ1) is 13.0. The second-order valence-corrected chi connectivity index (χ2v) is 7.01. The van der Waals surface area contributed by atoms with E-state index in [4.69, 9.17) is 9.47 Å². The van der Waals surface area contributed by atoms with Crippen molar-refractivity contribution in [1.29, 1.82) is 5.26 Å². The molecule has 5 heteroatoms. The Balaban J connectivity index is 2.88. The molecular formula is C22H34N2O3. The van der Waals surface area contributed by atoms with Gasteiger partial charge in [0.1, 0.15) is 17.4 Å². The highest BCUT2D eigenvalue weighted by Crippen LogP contribution is 2.26. The van der Waals surface area contributed by atoms with Crippen molar-refractivity contribution in [2.45, 2.75) is 78.2 Å². The van der Waals surface area contributed by atoms with Crippen LogP contribution in [0.5, 0.6) is 5.75 Å². The molecule has 1 aromatic rings. The van der Waals surface area contributed by atoms with E-state index in [0.717, 1.165) is 38.5 Å². The Morgan fingerprint density at radius 2 is 1.85 bits per heavy atom. The summed E-state index contributed by atoms with van der Waals surface area (Å²) in [6.45, 7) is 9.24. The highest BCUT2D eigenvalue weighted by molar-refractivity contribution is 5.98. The van der Waals surface area contributed by atoms with E-state index < -0.39 is 5.60 Å². The molecule has 0 bridgehead atoms. The molecule has 5 nitrogen and oxygen atoms in total. The maximum Gasteiger partial charge on any atom is 0.256 e. The molecule has 0 aliphatic heterocycles. The Bertz CT molecular complexity index is 624. The van der Waals surface area contributed by atoms with Gasteiger partial charge in [-0.25, -0.2) is 0 Å². The minimum Gasteiger partial charge on any atom is -0.494 e. The number of unbranched alkanes of at least 4 members (excludes halogenated alkanes) is 3. The third-order valence-corrected chi connectivity index (χ3v) is 4.49. The van der Waals surface area contributed by atoms with Gasteiger partial charge in [-0.3, -0.25) is 4.79 Å². The molecular weight excluding hydrogens is 340 g/mol. The smallest absolute Gasteiger partial charge is 0.256 e. The molecule has 0 aromatic heterocycles. The van der Waals surface area contributed by atoms with E-state index in [0.29, 0.717) is 36.6 Å². The van der Waals surface area contributed by atoms with Crippen LogP contribution in [-0.4, -0.2) is 24.7 Å². The van der Waals surface area contributed by atoms with Crippen molar-refractivity contribution in [3.05, 3.63) is 23.8 Å². The van der Waals surface area contributed by atoms with Crippen LogP contribution in [0.3, 0.4) is 0 Å². The number of nitrogens with one attached hydrogen (secondary N) is 1. The van der Waals surface area contributed by atoms with Gasteiger partial charge in [0.2, 0.25) is 0 Å². The van der Waals surface area contributed by atoms with Gasteiger partial charge in [0, 0.05) is 6.61 Å². The van der Waals surface area contributed by atoms with Gasteiger partial charge >= 0.3 is 0 Å². The molecule has 1 rings (SSSR count). The number of hydrogen-bond donors (Lipinski definition) is 1. The summed E-state index contributed by atoms with van der Waals surface area (Å²) in [6.07, 6.45) is 6.60. The number of benzene rings is 1. The van der Waals surface area contributed by atoms with Crippen molar-refractivity contribution in [1.82, 2.24) is 0 Å². The molecule has 0 fully saturated rings. The van der Waals surface area contributed by atoms with Crippen LogP contribution in [0.15, 0.2) is 18.2 Å². The van der Waals surface area contributed by atoms with E-state index in [2.05, 4.69) is 25.2 Å². The van der Waals surface area contributed by atoms with Gasteiger partial charge in [0.05, 0.1) is 17.9 Å². The molecule has 1 amide bonds. The fourth-order valence-electron chi connectivity index (χ4n) is 2.69. The average molecular weight is 375 g/mol. The first-order valence-electron chi connectivity index (χ1n) is 10.1. The van der Waals surface area contributed by atoms with Crippen LogP contribution in [0.4, 0.5) is 5.69 Å². The third-order valence-electron chi connectivity index (χ3n) is 4.49. The molecule has 27 heavy (non-hydrogen) atoms. The minimum absolute atomic E-state index is 0.205. The predicted octanol–water partition coefficient (Wildman–Crippen LogP) is 5.44. The standard InChI is InChI=1S/C22H34N2O3/c1-5-8-10-13-22(4,27-14-7-3)21(25)24-20-12-11-19(16-18(20)17-23)26-15-9-6-2/h11-12,16H,5-10,13-15H2,1-4H3,(H,24,25)/t22-/m0/s1. The summed E-state index contributed by atoms with van der Waals surface area (Å²) in [6, 6.07) is 7.33. The topological polar surface area (TPSA) is 71.3 Å². The number of carbonyl (C=O) groups excluding carboxylic acids is 1. The van der Waals surface area contributed by atoms with Crippen molar-refractivity contribution in [3.8, 4) is 11.8 Å². The summed E-state index contributed by atoms with van der Waals surface area (Å²) in [5, 5.41) is 12.3. The zero-order valence-electron chi connectivity index (χ0n) is 17.3. The molecule has 0 saturated heterocycles. The molecule has 0 aliphatic rings. The Labute approximate surface area is 164 Å². The zero-order valence-corrected chi connectivity index (χ0v) is 17.3. The van der Waals surface area contributed by atoms with E-state index in [1.165, 1.54) is 0 Å². The second kappa shape index (κ2) is 12.3. The lowest BCUT2D eigenvalue weighted by Crippen LogP contribution is -2.43. The number of ether oxygens (including phenoxy) is 2. The highest BCUT2D eigenvalue weighted by Gasteiger charge is 2.34. The minimum atomic E-state index is -0.895. The average Bonchev–Trinajstić information content (AvgIpc) is 2.67. The maximum atomic E-state index is 12.9. The fraction of sp³-hybridized carbons (Fsp3) is 0.636. The van der Waals surface area contributed by atoms with Crippen LogP contribution in [0.2, 0.25) is 0 Å². The summed E-state index contributed by atoms with van der Waals surface area (Å²) in [4.78, 5) is 12.9. The molecule has 1 aromatic carbocycles. The third kappa shape index (κ3) is 7.60. The van der Waals surface area contributed by atoms with Crippen LogP contribution in [-0.2, 0) is 9.53 Å². The number of carbonyl (C=O) groups is 1. The molecule has 150 valence electrons. The molecule has 1 N–H and O–H groups in total. The maximum absolute atomic E-state index is 12.9. The molecule has 0 heterocycles. The van der Waals surface area contributed by atoms with E-state index in [-0.39, 0.29) is 5.91 Å². The molecule has 0 aliphatic carbocycles. The summed E-state index contributed by atoms with van der Waals surface area (Å²) in [7, 11) is 0. The summed E-state index contributed by atoms with van der Waals surface area (Å²) in [5.74, 6) is 0.439. The van der Waals surface area contributed by atoms with Gasteiger partial charge < -0.3 is 14.8 Å². The second-order valence-electron chi connectivity index (χ2n) is 7.01. The Morgan fingerprint density at radius 1 is 1.11 bits per heavy atom. The first kappa shape index (κ1) is 23.0. The monoisotopic (exact) mass is 374 g/mol. The molecule has 1 atom stereocenters. The van der Waals surface area contributed by atoms with Gasteiger partial charge in [0.25, 0.3) is 5.91 Å². The number of nitriles is 1. The van der Waals surface area contributed by atoms with E-state index >= 15 is 0 Å². The van der Waals surface area contributed by atoms with Gasteiger partial charge in [-0.2, -0.15) is 5.26 Å². The largest absolute Gasteiger partial charge is 0.494 e. The predicted molar refractivity (Wildman–Crippen MR) is 109 cm³/mol. The van der Waals surface area contributed by atoms with Gasteiger partial charge in [-0.05, 0) is 44.4 Å². The van der Waals surface area contributed by atoms with Crippen molar-refractivity contribution in [3.63, 3.8) is 0 Å². The van der Waals surface area contributed by atoms with Crippen LogP contribution < -0.4 is 10.1 Å². The summed E-state index contributed by atoms with van der Waals surface area (Å²) >= 11 is 0. The lowest BCUT2D eigenvalue weighted by molar-refractivity contribution is -0.140. The quantitative estimate of drug-likeness (QED) is 0.467. The van der Waals surface area contributed by atoms with Crippen LogP contribution in [0.1, 0.15) is 78.2 Å². The Hall–Kier alpha value is -2.06. The number of hydrogen-bond acceptors (Lipinski definition) is 4. The molecule has 0 radical (unpaired) electrons. The Morgan fingerprint density at radius 3 is 2.48 bits per heavy atom. The van der Waals surface area contributed by atoms with E-state index in [9.17, 15) is 10.1 Å². The lowest BCUT2D eigenvalue weighted by Gasteiger charge is -2.29. The molecule has 0 unspecified atom stereocenters. The van der Waals surface area contributed by atoms with Crippen molar-refractivity contribution < 1.29 is 14.3 Å². The SMILES string of the molecule is CCCCC[C@](C)(OCCC)C(=O)Nc1ccc(OCCCC)cc1C#N. The van der Waals surface area contributed by atoms with Crippen LogP contribution >= 0.6 is 0 Å². The first-order valence-corrected chi connectivity index (χ1v) is 10.1.